The average Bonchev–Trinajstić information content (AvgIpc) is 2.42. The van der Waals surface area contributed by atoms with E-state index in [4.69, 9.17) is 5.41 Å². The van der Waals surface area contributed by atoms with Gasteiger partial charge in [-0.25, -0.2) is 5.41 Å². The van der Waals surface area contributed by atoms with E-state index in [-0.39, 0.29) is 0 Å². The molecule has 1 N–H and O–H groups in total. The van der Waals surface area contributed by atoms with E-state index in [2.05, 4.69) is 16.2 Å². The van der Waals surface area contributed by atoms with Crippen molar-refractivity contribution < 1.29 is 0 Å². The summed E-state index contributed by atoms with van der Waals surface area (Å²) in [5, 5.41) is 9.92. The fraction of sp³-hybridized carbons (Fsp3) is 0. The summed E-state index contributed by atoms with van der Waals surface area (Å²) in [5.41, 5.74) is 1.71. The van der Waals surface area contributed by atoms with E-state index in [9.17, 15) is 0 Å². The second kappa shape index (κ2) is 6.46. The van der Waals surface area contributed by atoms with Crippen LogP contribution in [-0.2, 0) is 0 Å². The Balaban J connectivity index is 2.16. The number of rotatable bonds is 2. The standard InChI is InChI=1S/C15H10N2S/c16-12-17-14-8-4-5-9-15(14)18-11-10-13-6-2-1-3-7-13/h1-9,16H. The van der Waals surface area contributed by atoms with Crippen molar-refractivity contribution in [1.29, 1.82) is 5.41 Å². The fourth-order valence-electron chi connectivity index (χ4n) is 1.36. The molecule has 0 bridgehead atoms. The predicted octanol–water partition coefficient (Wildman–Crippen LogP) is 4.17. The summed E-state index contributed by atoms with van der Waals surface area (Å²) in [6.45, 7) is 0. The van der Waals surface area contributed by atoms with Crippen LogP contribution in [0.25, 0.3) is 0 Å². The molecule has 2 rings (SSSR count). The van der Waals surface area contributed by atoms with Crippen molar-refractivity contribution >= 4 is 23.5 Å². The maximum Gasteiger partial charge on any atom is 0.0918 e. The van der Waals surface area contributed by atoms with Crippen molar-refractivity contribution in [2.45, 2.75) is 4.90 Å². The van der Waals surface area contributed by atoms with Crippen molar-refractivity contribution in [2.24, 2.45) is 4.99 Å². The summed E-state index contributed by atoms with van der Waals surface area (Å²) in [7, 11) is 0. The minimum atomic E-state index is 0.722. The van der Waals surface area contributed by atoms with E-state index >= 15 is 0 Å². The zero-order valence-electron chi connectivity index (χ0n) is 9.55. The van der Waals surface area contributed by atoms with E-state index in [0.29, 0.717) is 0 Å². The van der Waals surface area contributed by atoms with Crippen LogP contribution >= 0.6 is 11.8 Å². The summed E-state index contributed by atoms with van der Waals surface area (Å²) in [6.07, 6.45) is 0. The summed E-state index contributed by atoms with van der Waals surface area (Å²) in [5.74, 6) is 3.07. The SMILES string of the molecule is N=C=Nc1ccccc1SC#Cc1ccccc1. The van der Waals surface area contributed by atoms with Gasteiger partial charge in [-0.3, -0.25) is 0 Å². The molecule has 18 heavy (non-hydrogen) atoms. The molecule has 0 aliphatic heterocycles. The number of para-hydroxylation sites is 1. The lowest BCUT2D eigenvalue weighted by Gasteiger charge is -1.97. The summed E-state index contributed by atoms with van der Waals surface area (Å²) >= 11 is 1.40. The number of hydrogen-bond donors (Lipinski definition) is 1. The van der Waals surface area contributed by atoms with Crippen molar-refractivity contribution in [2.75, 3.05) is 0 Å². The molecule has 0 saturated carbocycles. The molecule has 0 fully saturated rings. The summed E-state index contributed by atoms with van der Waals surface area (Å²) in [6, 6.07) is 19.4. The molecule has 0 amide bonds. The van der Waals surface area contributed by atoms with Crippen LogP contribution in [0, 0.1) is 16.6 Å². The van der Waals surface area contributed by atoms with Gasteiger partial charge in [0.25, 0.3) is 0 Å². The fourth-order valence-corrected chi connectivity index (χ4v) is 2.00. The third kappa shape index (κ3) is 3.36. The van der Waals surface area contributed by atoms with Crippen LogP contribution in [0.15, 0.2) is 64.5 Å². The first kappa shape index (κ1) is 12.2. The van der Waals surface area contributed by atoms with Crippen LogP contribution in [0.3, 0.4) is 0 Å². The van der Waals surface area contributed by atoms with Crippen LogP contribution in [0.5, 0.6) is 0 Å². The number of thioether (sulfide) groups is 1. The highest BCUT2D eigenvalue weighted by atomic mass is 32.2. The smallest absolute Gasteiger partial charge is 0.0918 e. The first-order valence-corrected chi connectivity index (χ1v) is 6.16. The second-order valence-electron chi connectivity index (χ2n) is 3.39. The lowest BCUT2D eigenvalue weighted by Crippen LogP contribution is -1.72. The molecule has 0 unspecified atom stereocenters. The van der Waals surface area contributed by atoms with Gasteiger partial charge in [0.15, 0.2) is 0 Å². The van der Waals surface area contributed by atoms with Gasteiger partial charge in [0.1, 0.15) is 0 Å². The van der Waals surface area contributed by atoms with Crippen molar-refractivity contribution in [3.8, 4) is 11.2 Å². The number of aliphatic imine (C=N–C) groups is 1. The Morgan fingerprint density at radius 3 is 2.44 bits per heavy atom. The highest BCUT2D eigenvalue weighted by molar-refractivity contribution is 8.04. The molecule has 2 aromatic carbocycles. The van der Waals surface area contributed by atoms with Crippen molar-refractivity contribution in [1.82, 2.24) is 0 Å². The van der Waals surface area contributed by atoms with Gasteiger partial charge in [-0.15, -0.1) is 0 Å². The molecule has 0 heterocycles. The van der Waals surface area contributed by atoms with Gasteiger partial charge in [-0.2, -0.15) is 4.99 Å². The number of hydrogen-bond acceptors (Lipinski definition) is 3. The molecule has 0 aromatic heterocycles. The normalized spacial score (nSPS) is 8.89. The molecular weight excluding hydrogens is 240 g/mol. The van der Waals surface area contributed by atoms with E-state index in [1.54, 1.807) is 0 Å². The summed E-state index contributed by atoms with van der Waals surface area (Å²) < 4.78 is 0. The average molecular weight is 250 g/mol. The molecule has 0 spiro atoms. The first-order chi connectivity index (χ1) is 8.90. The van der Waals surface area contributed by atoms with Crippen LogP contribution in [0.1, 0.15) is 5.56 Å². The largest absolute Gasteiger partial charge is 0.241 e. The van der Waals surface area contributed by atoms with Gasteiger partial charge in [-0.05, 0) is 41.3 Å². The molecule has 0 aliphatic rings. The van der Waals surface area contributed by atoms with Crippen molar-refractivity contribution in [3.05, 3.63) is 60.2 Å². The van der Waals surface area contributed by atoms with Crippen LogP contribution in [0.4, 0.5) is 5.69 Å². The Morgan fingerprint density at radius 2 is 1.67 bits per heavy atom. The predicted molar refractivity (Wildman–Crippen MR) is 75.4 cm³/mol. The third-order valence-electron chi connectivity index (χ3n) is 2.17. The molecule has 0 saturated heterocycles. The van der Waals surface area contributed by atoms with Gasteiger partial charge in [0.05, 0.1) is 11.7 Å². The van der Waals surface area contributed by atoms with E-state index in [1.165, 1.54) is 11.8 Å². The number of benzene rings is 2. The highest BCUT2D eigenvalue weighted by Crippen LogP contribution is 2.28. The Bertz CT molecular complexity index is 632. The maximum absolute atomic E-state index is 6.89. The van der Waals surface area contributed by atoms with Gasteiger partial charge in [-0.1, -0.05) is 36.3 Å². The lowest BCUT2D eigenvalue weighted by atomic mass is 10.2. The van der Waals surface area contributed by atoms with E-state index in [1.807, 2.05) is 60.6 Å². The molecule has 0 aliphatic carbocycles. The topological polar surface area (TPSA) is 36.2 Å². The van der Waals surface area contributed by atoms with Crippen LogP contribution < -0.4 is 0 Å². The number of nitrogens with one attached hydrogen (secondary N) is 1. The van der Waals surface area contributed by atoms with Gasteiger partial charge >= 0.3 is 0 Å². The molecule has 3 heteroatoms. The monoisotopic (exact) mass is 250 g/mol. The Morgan fingerprint density at radius 1 is 0.944 bits per heavy atom. The quantitative estimate of drug-likeness (QED) is 0.484. The highest BCUT2D eigenvalue weighted by Gasteiger charge is 1.98. The van der Waals surface area contributed by atoms with Crippen LogP contribution in [0.2, 0.25) is 0 Å². The second-order valence-corrected chi connectivity index (χ2v) is 4.23. The Hall–Kier alpha value is -2.27. The summed E-state index contributed by atoms with van der Waals surface area (Å²) in [4.78, 5) is 4.79. The van der Waals surface area contributed by atoms with Gasteiger partial charge in [0, 0.05) is 10.5 Å². The Kier molecular flexibility index (Phi) is 4.38. The molecule has 0 radical (unpaired) electrons. The molecule has 86 valence electrons. The molecule has 0 atom stereocenters. The van der Waals surface area contributed by atoms with Gasteiger partial charge in [0.2, 0.25) is 0 Å². The van der Waals surface area contributed by atoms with Crippen LogP contribution in [-0.4, -0.2) is 6.01 Å². The zero-order valence-corrected chi connectivity index (χ0v) is 10.4. The molecule has 2 aromatic rings. The first-order valence-electron chi connectivity index (χ1n) is 5.34. The maximum atomic E-state index is 6.89. The van der Waals surface area contributed by atoms with Gasteiger partial charge < -0.3 is 0 Å². The lowest BCUT2D eigenvalue weighted by molar-refractivity contribution is 1.38. The van der Waals surface area contributed by atoms with E-state index < -0.39 is 0 Å². The Labute approximate surface area is 110 Å². The zero-order chi connectivity index (χ0) is 12.6. The minimum Gasteiger partial charge on any atom is -0.241 e. The minimum absolute atomic E-state index is 0.722. The molecular formula is C15H10N2S. The van der Waals surface area contributed by atoms with E-state index in [0.717, 1.165) is 16.1 Å². The number of nitrogens with zero attached hydrogens (tertiary/aromatic N) is 1. The third-order valence-corrected chi connectivity index (χ3v) is 2.94. The molecule has 2 nitrogen and oxygen atoms in total. The van der Waals surface area contributed by atoms with Crippen molar-refractivity contribution in [3.63, 3.8) is 0 Å².